The van der Waals surface area contributed by atoms with Crippen molar-refractivity contribution in [3.05, 3.63) is 92.9 Å². The lowest BCUT2D eigenvalue weighted by Crippen LogP contribution is -2.38. The van der Waals surface area contributed by atoms with Crippen LogP contribution in [0.2, 0.25) is 5.02 Å². The van der Waals surface area contributed by atoms with Crippen LogP contribution in [0.4, 0.5) is 4.39 Å². The molecule has 5 rings (SSSR count). The van der Waals surface area contributed by atoms with E-state index in [-0.39, 0.29) is 11.7 Å². The average molecular weight is 483 g/mol. The Balaban J connectivity index is 1.25. The number of piperidine rings is 1. The third kappa shape index (κ3) is 5.16. The van der Waals surface area contributed by atoms with Crippen molar-refractivity contribution in [3.63, 3.8) is 0 Å². The standard InChI is InChI=1S/C27H28ClFN2OS/c28-24-3-1-2-21(14-24)27(32)31-16-23(26(17-31)22-10-13-33-18-22)15-30-11-8-20(9-12-30)19-4-6-25(29)7-5-19/h1-7,10,13-14,18,20,23,26H,8-9,11-12,15-17H2. The molecule has 2 saturated heterocycles. The first-order chi connectivity index (χ1) is 16.1. The molecule has 3 heterocycles. The molecular weight excluding hydrogens is 455 g/mol. The van der Waals surface area contributed by atoms with Gasteiger partial charge in [-0.05, 0) is 96.1 Å². The maximum atomic E-state index is 13.3. The van der Waals surface area contributed by atoms with Gasteiger partial charge in [0.15, 0.2) is 0 Å². The van der Waals surface area contributed by atoms with Crippen LogP contribution in [0.3, 0.4) is 0 Å². The number of benzene rings is 2. The summed E-state index contributed by atoms with van der Waals surface area (Å²) in [7, 11) is 0. The summed E-state index contributed by atoms with van der Waals surface area (Å²) in [4.78, 5) is 17.8. The molecule has 6 heteroatoms. The van der Waals surface area contributed by atoms with Gasteiger partial charge >= 0.3 is 0 Å². The van der Waals surface area contributed by atoms with E-state index in [1.807, 2.05) is 29.2 Å². The van der Waals surface area contributed by atoms with Crippen molar-refractivity contribution in [2.45, 2.75) is 24.7 Å². The predicted molar refractivity (Wildman–Crippen MR) is 133 cm³/mol. The third-order valence-corrected chi connectivity index (χ3v) is 8.13. The summed E-state index contributed by atoms with van der Waals surface area (Å²) in [5, 5.41) is 4.95. The van der Waals surface area contributed by atoms with Crippen LogP contribution in [0, 0.1) is 11.7 Å². The number of hydrogen-bond acceptors (Lipinski definition) is 3. The summed E-state index contributed by atoms with van der Waals surface area (Å²) in [5.74, 6) is 1.15. The second-order valence-electron chi connectivity index (χ2n) is 9.27. The summed E-state index contributed by atoms with van der Waals surface area (Å²) < 4.78 is 13.3. The molecule has 0 radical (unpaired) electrons. The first-order valence-electron chi connectivity index (χ1n) is 11.6. The highest BCUT2D eigenvalue weighted by Crippen LogP contribution is 2.36. The molecule has 3 nitrogen and oxygen atoms in total. The Morgan fingerprint density at radius 3 is 2.52 bits per heavy atom. The van der Waals surface area contributed by atoms with Gasteiger partial charge in [-0.25, -0.2) is 4.39 Å². The minimum absolute atomic E-state index is 0.0650. The van der Waals surface area contributed by atoms with E-state index in [2.05, 4.69) is 21.7 Å². The number of carbonyl (C=O) groups is 1. The average Bonchev–Trinajstić information content (AvgIpc) is 3.50. The van der Waals surface area contributed by atoms with Crippen LogP contribution in [-0.4, -0.2) is 48.4 Å². The minimum Gasteiger partial charge on any atom is -0.338 e. The van der Waals surface area contributed by atoms with Gasteiger partial charge in [0.05, 0.1) is 0 Å². The molecule has 2 fully saturated rings. The van der Waals surface area contributed by atoms with Crippen LogP contribution in [0.25, 0.3) is 0 Å². The first-order valence-corrected chi connectivity index (χ1v) is 12.9. The van der Waals surface area contributed by atoms with Crippen LogP contribution in [-0.2, 0) is 0 Å². The number of likely N-dealkylation sites (tertiary alicyclic amines) is 2. The predicted octanol–water partition coefficient (Wildman–Crippen LogP) is 6.28. The smallest absolute Gasteiger partial charge is 0.253 e. The number of thiophene rings is 1. The van der Waals surface area contributed by atoms with E-state index in [9.17, 15) is 9.18 Å². The van der Waals surface area contributed by atoms with Crippen molar-refractivity contribution in [2.75, 3.05) is 32.7 Å². The summed E-state index contributed by atoms with van der Waals surface area (Å²) in [6.07, 6.45) is 2.18. The maximum Gasteiger partial charge on any atom is 0.253 e. The summed E-state index contributed by atoms with van der Waals surface area (Å²) >= 11 is 7.85. The van der Waals surface area contributed by atoms with Gasteiger partial charge in [-0.3, -0.25) is 4.79 Å². The minimum atomic E-state index is -0.172. The van der Waals surface area contributed by atoms with Crippen LogP contribution >= 0.6 is 22.9 Å². The number of halogens is 2. The lowest BCUT2D eigenvalue weighted by molar-refractivity contribution is 0.0781. The van der Waals surface area contributed by atoms with Crippen molar-refractivity contribution >= 4 is 28.8 Å². The molecule has 2 aliphatic rings. The molecule has 3 aromatic rings. The van der Waals surface area contributed by atoms with Crippen LogP contribution in [0.1, 0.15) is 46.2 Å². The molecule has 2 unspecified atom stereocenters. The number of rotatable bonds is 5. The zero-order valence-corrected chi connectivity index (χ0v) is 20.1. The summed E-state index contributed by atoms with van der Waals surface area (Å²) in [6, 6.07) is 16.4. The van der Waals surface area contributed by atoms with Gasteiger partial charge in [-0.15, -0.1) is 0 Å². The van der Waals surface area contributed by atoms with Crippen LogP contribution < -0.4 is 0 Å². The van der Waals surface area contributed by atoms with Crippen LogP contribution in [0.15, 0.2) is 65.4 Å². The number of hydrogen-bond donors (Lipinski definition) is 0. The third-order valence-electron chi connectivity index (χ3n) is 7.19. The molecule has 33 heavy (non-hydrogen) atoms. The highest BCUT2D eigenvalue weighted by molar-refractivity contribution is 7.08. The Morgan fingerprint density at radius 2 is 1.82 bits per heavy atom. The molecule has 0 saturated carbocycles. The largest absolute Gasteiger partial charge is 0.338 e. The molecule has 1 aromatic heterocycles. The Bertz CT molecular complexity index is 1080. The van der Waals surface area contributed by atoms with Gasteiger partial charge in [-0.1, -0.05) is 29.8 Å². The molecule has 0 aliphatic carbocycles. The van der Waals surface area contributed by atoms with Gasteiger partial charge in [0.2, 0.25) is 0 Å². The lowest BCUT2D eigenvalue weighted by atomic mass is 9.87. The molecular formula is C27H28ClFN2OS. The van der Waals surface area contributed by atoms with Crippen molar-refractivity contribution < 1.29 is 9.18 Å². The van der Waals surface area contributed by atoms with Crippen molar-refractivity contribution in [1.29, 1.82) is 0 Å². The fourth-order valence-electron chi connectivity index (χ4n) is 5.41. The summed E-state index contributed by atoms with van der Waals surface area (Å²) in [5.41, 5.74) is 3.24. The number of amides is 1. The van der Waals surface area contributed by atoms with Gasteiger partial charge in [-0.2, -0.15) is 11.3 Å². The Hall–Kier alpha value is -2.21. The molecule has 2 atom stereocenters. The molecule has 2 aromatic carbocycles. The molecule has 0 bridgehead atoms. The lowest BCUT2D eigenvalue weighted by Gasteiger charge is -2.34. The topological polar surface area (TPSA) is 23.6 Å². The monoisotopic (exact) mass is 482 g/mol. The molecule has 0 N–H and O–H groups in total. The fourth-order valence-corrected chi connectivity index (χ4v) is 6.32. The number of nitrogens with zero attached hydrogens (tertiary/aromatic N) is 2. The van der Waals surface area contributed by atoms with Crippen molar-refractivity contribution in [2.24, 2.45) is 5.92 Å². The number of carbonyl (C=O) groups excluding carboxylic acids is 1. The zero-order valence-electron chi connectivity index (χ0n) is 18.5. The first kappa shape index (κ1) is 22.6. The maximum absolute atomic E-state index is 13.3. The summed E-state index contributed by atoms with van der Waals surface area (Å²) in [6.45, 7) is 4.59. The Morgan fingerprint density at radius 1 is 1.03 bits per heavy atom. The molecule has 0 spiro atoms. The molecule has 2 aliphatic heterocycles. The quantitative estimate of drug-likeness (QED) is 0.427. The van der Waals surface area contributed by atoms with Gasteiger partial charge in [0.1, 0.15) is 5.82 Å². The zero-order chi connectivity index (χ0) is 22.8. The van der Waals surface area contributed by atoms with E-state index in [1.165, 1.54) is 11.1 Å². The van der Waals surface area contributed by atoms with E-state index < -0.39 is 0 Å². The Kier molecular flexibility index (Phi) is 6.81. The van der Waals surface area contributed by atoms with Gasteiger partial charge in [0, 0.05) is 36.1 Å². The normalized spacial score (nSPS) is 22.1. The van der Waals surface area contributed by atoms with Crippen molar-refractivity contribution in [1.82, 2.24) is 9.80 Å². The van der Waals surface area contributed by atoms with Crippen molar-refractivity contribution in [3.8, 4) is 0 Å². The second-order valence-corrected chi connectivity index (χ2v) is 10.5. The van der Waals surface area contributed by atoms with Crippen LogP contribution in [0.5, 0.6) is 0 Å². The SMILES string of the molecule is O=C(c1cccc(Cl)c1)N1CC(CN2CCC(c3ccc(F)cc3)CC2)C(c2ccsc2)C1. The fraction of sp³-hybridized carbons (Fsp3) is 0.370. The highest BCUT2D eigenvalue weighted by Gasteiger charge is 2.38. The second kappa shape index (κ2) is 9.96. The molecule has 172 valence electrons. The van der Waals surface area contributed by atoms with Gasteiger partial charge in [0.25, 0.3) is 5.91 Å². The van der Waals surface area contributed by atoms with E-state index in [0.29, 0.717) is 28.3 Å². The van der Waals surface area contributed by atoms with E-state index in [1.54, 1.807) is 35.6 Å². The van der Waals surface area contributed by atoms with E-state index >= 15 is 0 Å². The molecule has 1 amide bonds. The van der Waals surface area contributed by atoms with Gasteiger partial charge < -0.3 is 9.80 Å². The van der Waals surface area contributed by atoms with E-state index in [4.69, 9.17) is 11.6 Å². The van der Waals surface area contributed by atoms with E-state index in [0.717, 1.165) is 45.6 Å². The highest BCUT2D eigenvalue weighted by atomic mass is 35.5. The Labute approximate surface area is 203 Å².